The zero-order chi connectivity index (χ0) is 46.1. The maximum atomic E-state index is 14.0. The summed E-state index contributed by atoms with van der Waals surface area (Å²) < 4.78 is 50.3. The van der Waals surface area contributed by atoms with Crippen LogP contribution in [-0.4, -0.2) is 86.3 Å². The molecule has 1 aliphatic heterocycles. The van der Waals surface area contributed by atoms with Crippen molar-refractivity contribution in [2.45, 2.75) is 122 Å². The maximum absolute atomic E-state index is 14.0. The van der Waals surface area contributed by atoms with Crippen molar-refractivity contribution in [3.05, 3.63) is 118 Å². The quantitative estimate of drug-likeness (QED) is 0.0389. The second-order valence-corrected chi connectivity index (χ2v) is 23.7. The molecule has 1 aromatic heterocycles. The highest BCUT2D eigenvalue weighted by Gasteiger charge is 2.54. The van der Waals surface area contributed by atoms with E-state index in [9.17, 15) is 14.9 Å². The van der Waals surface area contributed by atoms with E-state index in [1.165, 1.54) is 11.5 Å². The molecule has 1 fully saturated rings. The largest absolute Gasteiger partial charge is 0.497 e. The van der Waals surface area contributed by atoms with E-state index >= 15 is 0 Å². The maximum Gasteiger partial charge on any atom is 0.351 e. The highest BCUT2D eigenvalue weighted by molar-refractivity contribution is 7.44. The molecular weight excluding hydrogens is 839 g/mol. The summed E-state index contributed by atoms with van der Waals surface area (Å²) >= 11 is 0. The number of ether oxygens (including phenoxy) is 4. The van der Waals surface area contributed by atoms with E-state index in [1.807, 2.05) is 78.9 Å². The van der Waals surface area contributed by atoms with Gasteiger partial charge in [0.05, 0.1) is 39.9 Å². The summed E-state index contributed by atoms with van der Waals surface area (Å²) in [4.78, 5) is 30.2. The molecule has 14 nitrogen and oxygen atoms in total. The standard InChI is InChI=1S/C47H64N5O9PSi/c1-32(2)52(33(3)4)62(58-30-16-28-48)60-42-40(59-44(43(42)61-63(11,12)46(6,7)8)51-29-27-41(49-34(5)53)50-45(51)54)31-57-47(35-17-14-13-15-18-35,36-19-23-38(55-9)24-20-36)37-21-25-39(56-10)26-22-37/h13-15,17-27,29,32-33,40,42-44H,16,30-31H2,1-12H3,(H,49,50,53,54)/t40-,42-,43-,44-,62?/m1/s1/i50+1. The van der Waals surface area contributed by atoms with Gasteiger partial charge in [-0.05, 0) is 92.8 Å². The smallest absolute Gasteiger partial charge is 0.351 e. The number of aromatic nitrogens is 2. The molecule has 3 aromatic carbocycles. The number of carbonyl (C=O) groups is 1. The lowest BCUT2D eigenvalue weighted by atomic mass is 9.80. The fraction of sp³-hybridized carbons (Fsp3) is 0.489. The van der Waals surface area contributed by atoms with E-state index in [1.54, 1.807) is 26.5 Å². The van der Waals surface area contributed by atoms with Crippen LogP contribution in [-0.2, 0) is 33.3 Å². The summed E-state index contributed by atoms with van der Waals surface area (Å²) in [5, 5.41) is 11.9. The van der Waals surface area contributed by atoms with Crippen molar-refractivity contribution in [2.24, 2.45) is 0 Å². The van der Waals surface area contributed by atoms with Crippen LogP contribution in [0.4, 0.5) is 5.82 Å². The van der Waals surface area contributed by atoms with Gasteiger partial charge in [0.25, 0.3) is 8.53 Å². The van der Waals surface area contributed by atoms with Gasteiger partial charge in [-0.25, -0.2) is 9.46 Å². The second-order valence-electron chi connectivity index (χ2n) is 17.5. The van der Waals surface area contributed by atoms with E-state index in [2.05, 4.69) is 82.6 Å². The van der Waals surface area contributed by atoms with E-state index in [4.69, 9.17) is 32.4 Å². The monoisotopic (exact) mass is 902 g/mol. The Bertz CT molecular complexity index is 2140. The summed E-state index contributed by atoms with van der Waals surface area (Å²) in [5.74, 6) is 1.12. The Morgan fingerprint density at radius 3 is 1.94 bits per heavy atom. The molecular formula is C47H64N5O9PSi. The van der Waals surface area contributed by atoms with Gasteiger partial charge in [0, 0.05) is 25.2 Å². The average Bonchev–Trinajstić information content (AvgIpc) is 3.55. The molecule has 1 unspecified atom stereocenters. The van der Waals surface area contributed by atoms with Crippen LogP contribution in [0.1, 0.15) is 84.7 Å². The van der Waals surface area contributed by atoms with Crippen molar-refractivity contribution in [1.29, 1.82) is 5.26 Å². The van der Waals surface area contributed by atoms with Crippen LogP contribution in [0.3, 0.4) is 0 Å². The molecule has 0 bridgehead atoms. The first-order chi connectivity index (χ1) is 29.9. The van der Waals surface area contributed by atoms with Gasteiger partial charge >= 0.3 is 5.69 Å². The zero-order valence-electron chi connectivity index (χ0n) is 38.7. The van der Waals surface area contributed by atoms with Crippen LogP contribution in [0.25, 0.3) is 0 Å². The minimum atomic E-state index is -2.66. The molecule has 63 heavy (non-hydrogen) atoms. The van der Waals surface area contributed by atoms with Crippen LogP contribution in [0.15, 0.2) is 95.9 Å². The van der Waals surface area contributed by atoms with Crippen LogP contribution >= 0.6 is 8.53 Å². The van der Waals surface area contributed by atoms with Crippen LogP contribution < -0.4 is 20.5 Å². The number of benzene rings is 3. The Balaban J connectivity index is 1.74. The van der Waals surface area contributed by atoms with E-state index in [0.29, 0.717) is 11.5 Å². The Kier molecular flexibility index (Phi) is 16.9. The van der Waals surface area contributed by atoms with Crippen molar-refractivity contribution in [1.82, 2.24) is 14.2 Å². The van der Waals surface area contributed by atoms with Gasteiger partial charge in [0.2, 0.25) is 5.91 Å². The topological polar surface area (TPSA) is 156 Å². The third kappa shape index (κ3) is 11.6. The van der Waals surface area contributed by atoms with Gasteiger partial charge in [-0.3, -0.25) is 9.36 Å². The second kappa shape index (κ2) is 21.5. The Hall–Kier alpha value is -4.49. The van der Waals surface area contributed by atoms with E-state index in [0.717, 1.165) is 16.7 Å². The lowest BCUT2D eigenvalue weighted by molar-refractivity contribution is -0.114. The Morgan fingerprint density at radius 1 is 0.905 bits per heavy atom. The summed E-state index contributed by atoms with van der Waals surface area (Å²) in [6.07, 6.45) is -1.94. The Labute approximate surface area is 374 Å². The van der Waals surface area contributed by atoms with E-state index < -0.39 is 52.7 Å². The van der Waals surface area contributed by atoms with Crippen molar-refractivity contribution >= 4 is 28.6 Å². The highest BCUT2D eigenvalue weighted by Crippen LogP contribution is 2.52. The number of nitrogens with one attached hydrogen (secondary N) is 1. The molecule has 0 aliphatic carbocycles. The molecule has 4 aromatic rings. The van der Waals surface area contributed by atoms with Crippen molar-refractivity contribution in [3.8, 4) is 17.6 Å². The molecule has 0 saturated carbocycles. The SMILES string of the molecule is COc1ccc(C(OC[C@H]2O[C@@H](n3ccc(NC(C)=O)[15n]c3=O)[C@H](O[Si](C)(C)C(C)(C)C)[C@@H]2OP(OCCC#N)N(C(C)C)C(C)C)(c2ccccc2)c2ccc(OC)cc2)cc1. The Morgan fingerprint density at radius 2 is 1.46 bits per heavy atom. The van der Waals surface area contributed by atoms with Gasteiger partial charge in [0.1, 0.15) is 41.2 Å². The number of carbonyl (C=O) groups excluding carboxylic acids is 1. The third-order valence-electron chi connectivity index (χ3n) is 11.4. The first-order valence-electron chi connectivity index (χ1n) is 21.3. The van der Waals surface area contributed by atoms with Crippen molar-refractivity contribution < 1.29 is 37.2 Å². The van der Waals surface area contributed by atoms with Gasteiger partial charge in [-0.2, -0.15) is 10.2 Å². The third-order valence-corrected chi connectivity index (χ3v) is 18.0. The van der Waals surface area contributed by atoms with Crippen LogP contribution in [0, 0.1) is 11.3 Å². The molecule has 2 heterocycles. The number of amides is 1. The summed E-state index contributed by atoms with van der Waals surface area (Å²) in [5.41, 5.74) is 0.633. The fourth-order valence-electron chi connectivity index (χ4n) is 7.37. The molecule has 16 heteroatoms. The number of hydrogen-bond donors (Lipinski definition) is 1. The van der Waals surface area contributed by atoms with E-state index in [-0.39, 0.29) is 48.5 Å². The van der Waals surface area contributed by atoms with Gasteiger partial charge in [-0.1, -0.05) is 75.4 Å². The normalized spacial score (nSPS) is 18.7. The highest BCUT2D eigenvalue weighted by atomic mass is 31.2. The van der Waals surface area contributed by atoms with Crippen molar-refractivity contribution in [3.63, 3.8) is 0 Å². The number of anilines is 1. The number of rotatable bonds is 20. The molecule has 5 atom stereocenters. The summed E-state index contributed by atoms with van der Waals surface area (Å²) in [6, 6.07) is 29.2. The number of methoxy groups -OCH3 is 2. The lowest BCUT2D eigenvalue weighted by Gasteiger charge is -2.42. The number of nitriles is 1. The number of nitrogens with zero attached hydrogens (tertiary/aromatic N) is 4. The lowest BCUT2D eigenvalue weighted by Crippen LogP contribution is -2.50. The predicted octanol–water partition coefficient (Wildman–Crippen LogP) is 9.18. The number of hydrogen-bond acceptors (Lipinski definition) is 12. The molecule has 1 amide bonds. The molecule has 1 aliphatic rings. The first-order valence-corrected chi connectivity index (χ1v) is 25.3. The predicted molar refractivity (Wildman–Crippen MR) is 247 cm³/mol. The van der Waals surface area contributed by atoms with Crippen molar-refractivity contribution in [2.75, 3.05) is 32.8 Å². The van der Waals surface area contributed by atoms with Crippen LogP contribution in [0.5, 0.6) is 11.5 Å². The van der Waals surface area contributed by atoms with Gasteiger partial charge in [-0.15, -0.1) is 0 Å². The minimum absolute atomic E-state index is 0.00483. The molecule has 1 saturated heterocycles. The van der Waals surface area contributed by atoms with Gasteiger partial charge in [0.15, 0.2) is 14.5 Å². The summed E-state index contributed by atoms with van der Waals surface area (Å²) in [7, 11) is -1.24. The molecule has 0 radical (unpaired) electrons. The zero-order valence-corrected chi connectivity index (χ0v) is 40.6. The molecule has 5 rings (SSSR count). The molecule has 1 N–H and O–H groups in total. The first kappa shape index (κ1) is 49.5. The van der Waals surface area contributed by atoms with Crippen LogP contribution in [0.2, 0.25) is 18.1 Å². The average molecular weight is 903 g/mol. The van der Waals surface area contributed by atoms with Gasteiger partial charge < -0.3 is 37.7 Å². The fourth-order valence-corrected chi connectivity index (χ4v) is 10.4. The molecule has 340 valence electrons. The molecule has 0 spiro atoms. The summed E-state index contributed by atoms with van der Waals surface area (Å²) in [6.45, 7) is 20.4. The minimum Gasteiger partial charge on any atom is -0.497 e.